The second-order valence-corrected chi connectivity index (χ2v) is 4.09. The van der Waals surface area contributed by atoms with E-state index in [9.17, 15) is 9.59 Å². The third-order valence-electron chi connectivity index (χ3n) is 2.50. The third-order valence-corrected chi connectivity index (χ3v) is 2.50. The molecule has 0 spiro atoms. The number of hydrogen-bond acceptors (Lipinski definition) is 7. The molecule has 2 aromatic rings. The number of pyridine rings is 2. The summed E-state index contributed by atoms with van der Waals surface area (Å²) in [6, 6.07) is 6.83. The first kappa shape index (κ1) is 18.3. The highest BCUT2D eigenvalue weighted by molar-refractivity contribution is 5.93. The molecule has 3 N–H and O–H groups in total. The molecular formula is C14H15ClN4O4. The molecule has 0 bridgehead atoms. The van der Waals surface area contributed by atoms with E-state index in [1.54, 1.807) is 36.7 Å². The van der Waals surface area contributed by atoms with Gasteiger partial charge in [0.25, 0.3) is 5.88 Å². The van der Waals surface area contributed by atoms with Gasteiger partial charge in [-0.2, -0.15) is 0 Å². The highest BCUT2D eigenvalue weighted by Crippen LogP contribution is 2.24. The molecule has 0 radical (unpaired) electrons. The molecule has 0 aliphatic rings. The minimum absolute atomic E-state index is 0. The van der Waals surface area contributed by atoms with Gasteiger partial charge in [0.1, 0.15) is 6.61 Å². The van der Waals surface area contributed by atoms with Crippen molar-refractivity contribution in [1.29, 1.82) is 0 Å². The van der Waals surface area contributed by atoms with Gasteiger partial charge in [-0.3, -0.25) is 15.1 Å². The maximum absolute atomic E-state index is 11.5. The molecule has 0 aliphatic heterocycles. The van der Waals surface area contributed by atoms with Gasteiger partial charge in [0.15, 0.2) is 5.75 Å². The van der Waals surface area contributed by atoms with Crippen molar-refractivity contribution in [3.05, 3.63) is 48.4 Å². The second-order valence-electron chi connectivity index (χ2n) is 4.09. The number of amides is 2. The predicted molar refractivity (Wildman–Crippen MR) is 83.3 cm³/mol. The summed E-state index contributed by atoms with van der Waals surface area (Å²) in [7, 11) is 0. The van der Waals surface area contributed by atoms with Crippen LogP contribution < -0.4 is 20.5 Å². The molecule has 122 valence electrons. The van der Waals surface area contributed by atoms with E-state index in [4.69, 9.17) is 15.2 Å². The molecule has 0 aliphatic carbocycles. The molecule has 2 aromatic heterocycles. The van der Waals surface area contributed by atoms with Crippen molar-refractivity contribution in [3.63, 3.8) is 0 Å². The van der Waals surface area contributed by atoms with Gasteiger partial charge in [0.2, 0.25) is 5.91 Å². The van der Waals surface area contributed by atoms with Crippen LogP contribution in [-0.2, 0) is 11.4 Å². The topological polar surface area (TPSA) is 116 Å². The fourth-order valence-electron chi connectivity index (χ4n) is 1.48. The molecule has 0 aromatic carbocycles. The number of aromatic nitrogens is 2. The fourth-order valence-corrected chi connectivity index (χ4v) is 1.48. The van der Waals surface area contributed by atoms with Gasteiger partial charge < -0.3 is 15.2 Å². The molecule has 0 saturated heterocycles. The zero-order chi connectivity index (χ0) is 15.8. The average Bonchev–Trinajstić information content (AvgIpc) is 2.54. The number of rotatable bonds is 5. The van der Waals surface area contributed by atoms with Crippen LogP contribution in [0, 0.1) is 0 Å². The van der Waals surface area contributed by atoms with E-state index < -0.39 is 12.0 Å². The van der Waals surface area contributed by atoms with E-state index in [0.717, 1.165) is 5.56 Å². The van der Waals surface area contributed by atoms with Crippen molar-refractivity contribution in [2.75, 3.05) is 6.54 Å². The van der Waals surface area contributed by atoms with E-state index >= 15 is 0 Å². The predicted octanol–water partition coefficient (Wildman–Crippen LogP) is 1.05. The Morgan fingerprint density at radius 1 is 1.17 bits per heavy atom. The van der Waals surface area contributed by atoms with Gasteiger partial charge >= 0.3 is 6.09 Å². The first-order chi connectivity index (χ1) is 10.7. The minimum Gasteiger partial charge on any atom is -0.483 e. The van der Waals surface area contributed by atoms with Crippen LogP contribution in [0.5, 0.6) is 11.6 Å². The number of nitrogens with zero attached hydrogens (tertiary/aromatic N) is 2. The van der Waals surface area contributed by atoms with E-state index in [1.807, 2.05) is 5.32 Å². The number of halogens is 1. The Kier molecular flexibility index (Phi) is 7.44. The lowest BCUT2D eigenvalue weighted by Crippen LogP contribution is -2.37. The Hall–Kier alpha value is -2.71. The van der Waals surface area contributed by atoms with E-state index in [-0.39, 0.29) is 37.2 Å². The van der Waals surface area contributed by atoms with Crippen LogP contribution in [0.15, 0.2) is 42.9 Å². The lowest BCUT2D eigenvalue weighted by atomic mass is 10.3. The van der Waals surface area contributed by atoms with Crippen molar-refractivity contribution >= 4 is 24.4 Å². The standard InChI is InChI=1S/C14H14N4O4.ClH/c15-8-12(19)18-14(20)22-13-11(2-1-5-17-13)21-9-10-3-6-16-7-4-10;/h1-7H,8-9,15H2,(H,18,19,20);1H. The van der Waals surface area contributed by atoms with Gasteiger partial charge in [-0.05, 0) is 29.8 Å². The number of nitrogens with one attached hydrogen (secondary N) is 1. The Bertz CT molecular complexity index is 654. The summed E-state index contributed by atoms with van der Waals surface area (Å²) < 4.78 is 10.5. The van der Waals surface area contributed by atoms with Crippen LogP contribution in [0.2, 0.25) is 0 Å². The lowest BCUT2D eigenvalue weighted by molar-refractivity contribution is -0.118. The highest BCUT2D eigenvalue weighted by Gasteiger charge is 2.13. The first-order valence-electron chi connectivity index (χ1n) is 6.37. The van der Waals surface area contributed by atoms with Gasteiger partial charge in [0.05, 0.1) is 6.54 Å². The van der Waals surface area contributed by atoms with Crippen LogP contribution in [0.4, 0.5) is 4.79 Å². The molecule has 2 rings (SSSR count). The molecule has 0 fully saturated rings. The Morgan fingerprint density at radius 3 is 2.61 bits per heavy atom. The van der Waals surface area contributed by atoms with Gasteiger partial charge in [-0.25, -0.2) is 9.78 Å². The normalized spacial score (nSPS) is 9.43. The smallest absolute Gasteiger partial charge is 0.420 e. The van der Waals surface area contributed by atoms with Gasteiger partial charge in [-0.1, -0.05) is 0 Å². The van der Waals surface area contributed by atoms with Crippen molar-refractivity contribution in [3.8, 4) is 11.6 Å². The van der Waals surface area contributed by atoms with E-state index in [2.05, 4.69) is 9.97 Å². The largest absolute Gasteiger partial charge is 0.483 e. The summed E-state index contributed by atoms with van der Waals surface area (Å²) in [5.74, 6) is -0.422. The molecule has 23 heavy (non-hydrogen) atoms. The molecule has 0 atom stereocenters. The van der Waals surface area contributed by atoms with Crippen LogP contribution >= 0.6 is 12.4 Å². The summed E-state index contributed by atoms with van der Waals surface area (Å²) in [5, 5.41) is 1.95. The van der Waals surface area contributed by atoms with Crippen molar-refractivity contribution < 1.29 is 19.1 Å². The number of hydrogen-bond donors (Lipinski definition) is 2. The molecule has 0 saturated carbocycles. The molecule has 0 unspecified atom stereocenters. The number of nitrogens with two attached hydrogens (primary N) is 1. The van der Waals surface area contributed by atoms with Crippen LogP contribution in [0.1, 0.15) is 5.56 Å². The fraction of sp³-hybridized carbons (Fsp3) is 0.143. The van der Waals surface area contributed by atoms with E-state index in [1.165, 1.54) is 6.20 Å². The highest BCUT2D eigenvalue weighted by atomic mass is 35.5. The Labute approximate surface area is 138 Å². The molecule has 2 heterocycles. The minimum atomic E-state index is -0.970. The zero-order valence-corrected chi connectivity index (χ0v) is 12.8. The van der Waals surface area contributed by atoms with Crippen molar-refractivity contribution in [2.24, 2.45) is 5.73 Å². The quantitative estimate of drug-likeness (QED) is 0.836. The molecule has 8 nitrogen and oxygen atoms in total. The van der Waals surface area contributed by atoms with Crippen LogP contribution in [-0.4, -0.2) is 28.5 Å². The van der Waals surface area contributed by atoms with Crippen LogP contribution in [0.25, 0.3) is 0 Å². The van der Waals surface area contributed by atoms with Gasteiger partial charge in [0, 0.05) is 18.6 Å². The number of carbonyl (C=O) groups is 2. The average molecular weight is 339 g/mol. The number of carbonyl (C=O) groups excluding carboxylic acids is 2. The molecular weight excluding hydrogens is 324 g/mol. The lowest BCUT2D eigenvalue weighted by Gasteiger charge is -2.10. The maximum Gasteiger partial charge on any atom is 0.420 e. The second kappa shape index (κ2) is 9.34. The summed E-state index contributed by atoms with van der Waals surface area (Å²) in [6.07, 6.45) is 3.76. The van der Waals surface area contributed by atoms with E-state index in [0.29, 0.717) is 0 Å². The van der Waals surface area contributed by atoms with Crippen molar-refractivity contribution in [1.82, 2.24) is 15.3 Å². The van der Waals surface area contributed by atoms with Gasteiger partial charge in [-0.15, -0.1) is 12.4 Å². The van der Waals surface area contributed by atoms with Crippen LogP contribution in [0.3, 0.4) is 0 Å². The summed E-state index contributed by atoms with van der Waals surface area (Å²) in [6.45, 7) is -0.0589. The maximum atomic E-state index is 11.5. The molecule has 9 heteroatoms. The first-order valence-corrected chi connectivity index (χ1v) is 6.37. The zero-order valence-electron chi connectivity index (χ0n) is 12.0. The van der Waals surface area contributed by atoms with Crippen molar-refractivity contribution in [2.45, 2.75) is 6.61 Å². The Morgan fingerprint density at radius 2 is 1.91 bits per heavy atom. The summed E-state index contributed by atoms with van der Waals surface area (Å²) >= 11 is 0. The third kappa shape index (κ3) is 5.89. The number of imide groups is 1. The SMILES string of the molecule is Cl.NCC(=O)NC(=O)Oc1ncccc1OCc1ccncc1. The molecule has 2 amide bonds. The Balaban J connectivity index is 0.00000264. The summed E-state index contributed by atoms with van der Waals surface area (Å²) in [5.41, 5.74) is 5.99. The summed E-state index contributed by atoms with van der Waals surface area (Å²) in [4.78, 5) is 30.3. The number of ether oxygens (including phenoxy) is 2. The monoisotopic (exact) mass is 338 g/mol.